The van der Waals surface area contributed by atoms with Crippen LogP contribution in [0.5, 0.6) is 0 Å². The van der Waals surface area contributed by atoms with Gasteiger partial charge in [0.1, 0.15) is 5.69 Å². The fourth-order valence-electron chi connectivity index (χ4n) is 1.62. The van der Waals surface area contributed by atoms with Crippen LogP contribution in [0.2, 0.25) is 0 Å². The van der Waals surface area contributed by atoms with Gasteiger partial charge in [-0.25, -0.2) is 4.68 Å². The van der Waals surface area contributed by atoms with Crippen molar-refractivity contribution < 1.29 is 23.2 Å². The number of nitro benzene ring substituents is 1. The molecule has 106 valence electrons. The molecule has 0 unspecified atom stereocenters. The van der Waals surface area contributed by atoms with E-state index in [1.165, 1.54) is 12.1 Å². The molecule has 0 radical (unpaired) electrons. The van der Waals surface area contributed by atoms with Gasteiger partial charge in [-0.3, -0.25) is 10.1 Å². The number of rotatable bonds is 3. The lowest BCUT2D eigenvalue weighted by Gasteiger charge is -2.10. The molecule has 0 aliphatic heterocycles. The molecule has 2 rings (SSSR count). The molecule has 20 heavy (non-hydrogen) atoms. The van der Waals surface area contributed by atoms with Crippen molar-refractivity contribution >= 4 is 5.69 Å². The molecular weight excluding hydrogens is 281 g/mol. The fraction of sp³-hybridized carbons (Fsp3) is 0.200. The molecule has 0 aliphatic carbocycles. The highest BCUT2D eigenvalue weighted by Crippen LogP contribution is 2.33. The van der Waals surface area contributed by atoms with E-state index < -0.39 is 29.1 Å². The number of aliphatic hydroxyl groups excluding tert-OH is 1. The van der Waals surface area contributed by atoms with Gasteiger partial charge < -0.3 is 5.11 Å². The Bertz CT molecular complexity index is 653. The van der Waals surface area contributed by atoms with Gasteiger partial charge in [-0.15, -0.1) is 5.10 Å². The van der Waals surface area contributed by atoms with Crippen LogP contribution < -0.4 is 0 Å². The van der Waals surface area contributed by atoms with E-state index in [9.17, 15) is 23.3 Å². The van der Waals surface area contributed by atoms with Gasteiger partial charge in [-0.2, -0.15) is 13.2 Å². The van der Waals surface area contributed by atoms with Crippen molar-refractivity contribution in [3.05, 3.63) is 45.8 Å². The van der Waals surface area contributed by atoms with E-state index in [1.54, 1.807) is 0 Å². The van der Waals surface area contributed by atoms with E-state index in [2.05, 4.69) is 10.3 Å². The van der Waals surface area contributed by atoms with Crippen LogP contribution in [0.3, 0.4) is 0 Å². The van der Waals surface area contributed by atoms with Gasteiger partial charge in [0.2, 0.25) is 0 Å². The molecule has 1 N–H and O–H groups in total. The number of non-ortho nitro benzene ring substituents is 1. The maximum Gasteiger partial charge on any atom is 0.435 e. The van der Waals surface area contributed by atoms with Gasteiger partial charge in [-0.05, 0) is 6.07 Å². The zero-order valence-corrected chi connectivity index (χ0v) is 9.70. The number of hydrogen-bond donors (Lipinski definition) is 1. The molecule has 0 atom stereocenters. The maximum atomic E-state index is 12.9. The lowest BCUT2D eigenvalue weighted by atomic mass is 10.2. The number of halogens is 3. The first-order valence-electron chi connectivity index (χ1n) is 5.22. The molecule has 2 aromatic rings. The summed E-state index contributed by atoms with van der Waals surface area (Å²) in [5.74, 6) is 0. The summed E-state index contributed by atoms with van der Waals surface area (Å²) in [7, 11) is 0. The third-order valence-corrected chi connectivity index (χ3v) is 2.44. The van der Waals surface area contributed by atoms with Crippen LogP contribution in [0.1, 0.15) is 11.4 Å². The number of alkyl halides is 3. The van der Waals surface area contributed by atoms with Crippen molar-refractivity contribution in [2.45, 2.75) is 12.8 Å². The molecule has 1 aromatic carbocycles. The topological polar surface area (TPSA) is 94.1 Å². The first kappa shape index (κ1) is 13.9. The van der Waals surface area contributed by atoms with Crippen LogP contribution >= 0.6 is 0 Å². The van der Waals surface area contributed by atoms with Crippen LogP contribution in [0.4, 0.5) is 18.9 Å². The minimum atomic E-state index is -4.80. The van der Waals surface area contributed by atoms with Gasteiger partial charge in [-0.1, -0.05) is 11.3 Å². The second-order valence-electron chi connectivity index (χ2n) is 3.73. The first-order chi connectivity index (χ1) is 9.34. The second kappa shape index (κ2) is 4.89. The largest absolute Gasteiger partial charge is 0.435 e. The number of nitro groups is 1. The van der Waals surface area contributed by atoms with Gasteiger partial charge in [0.05, 0.1) is 17.2 Å². The van der Waals surface area contributed by atoms with Gasteiger partial charge in [0, 0.05) is 12.1 Å². The molecule has 0 bridgehead atoms. The highest BCUT2D eigenvalue weighted by atomic mass is 19.4. The van der Waals surface area contributed by atoms with Crippen LogP contribution in [-0.4, -0.2) is 25.0 Å². The van der Waals surface area contributed by atoms with E-state index in [4.69, 9.17) is 5.11 Å². The number of nitrogens with zero attached hydrogens (tertiary/aromatic N) is 4. The summed E-state index contributed by atoms with van der Waals surface area (Å²) in [5.41, 5.74) is -2.46. The number of aromatic nitrogens is 3. The summed E-state index contributed by atoms with van der Waals surface area (Å²) in [6, 6.07) is 4.53. The second-order valence-corrected chi connectivity index (χ2v) is 3.73. The Balaban J connectivity index is 2.61. The SMILES string of the molecule is O=[N+]([O-])c1cccc(-n2nnc(CO)c2C(F)(F)F)c1. The lowest BCUT2D eigenvalue weighted by Crippen LogP contribution is -2.15. The summed E-state index contributed by atoms with van der Waals surface area (Å²) in [6.07, 6.45) is -4.80. The van der Waals surface area contributed by atoms with Crippen LogP contribution in [0, 0.1) is 10.1 Å². The highest BCUT2D eigenvalue weighted by Gasteiger charge is 2.39. The molecule has 7 nitrogen and oxygen atoms in total. The summed E-state index contributed by atoms with van der Waals surface area (Å²) in [6.45, 7) is -0.941. The van der Waals surface area contributed by atoms with Crippen LogP contribution in [0.25, 0.3) is 5.69 Å². The third kappa shape index (κ3) is 2.45. The minimum Gasteiger partial charge on any atom is -0.390 e. The molecule has 10 heteroatoms. The Morgan fingerprint density at radius 3 is 2.65 bits per heavy atom. The standard InChI is InChI=1S/C10H7F3N4O3/c11-10(12,13)9-8(5-18)14-15-16(9)6-2-1-3-7(4-6)17(19)20/h1-4,18H,5H2. The van der Waals surface area contributed by atoms with Crippen LogP contribution in [-0.2, 0) is 12.8 Å². The number of benzene rings is 1. The normalized spacial score (nSPS) is 11.6. The maximum absolute atomic E-state index is 12.9. The van der Waals surface area contributed by atoms with E-state index in [0.717, 1.165) is 12.1 Å². The van der Waals surface area contributed by atoms with Crippen molar-refractivity contribution in [1.82, 2.24) is 15.0 Å². The molecule has 0 amide bonds. The average molecular weight is 288 g/mol. The Morgan fingerprint density at radius 2 is 2.10 bits per heavy atom. The van der Waals surface area contributed by atoms with Crippen molar-refractivity contribution in [2.75, 3.05) is 0 Å². The highest BCUT2D eigenvalue weighted by molar-refractivity contribution is 5.44. The summed E-state index contributed by atoms with van der Waals surface area (Å²) >= 11 is 0. The summed E-state index contributed by atoms with van der Waals surface area (Å²) in [5, 5.41) is 26.0. The minimum absolute atomic E-state index is 0.168. The quantitative estimate of drug-likeness (QED) is 0.685. The predicted octanol–water partition coefficient (Wildman–Crippen LogP) is 1.69. The molecule has 0 aliphatic rings. The lowest BCUT2D eigenvalue weighted by molar-refractivity contribution is -0.384. The van der Waals surface area contributed by atoms with E-state index in [1.807, 2.05) is 0 Å². The van der Waals surface area contributed by atoms with Crippen molar-refractivity contribution in [2.24, 2.45) is 0 Å². The van der Waals surface area contributed by atoms with Gasteiger partial charge in [0.25, 0.3) is 5.69 Å². The summed E-state index contributed by atoms with van der Waals surface area (Å²) < 4.78 is 39.2. The molecule has 0 saturated heterocycles. The Hall–Kier alpha value is -2.49. The van der Waals surface area contributed by atoms with E-state index in [-0.39, 0.29) is 11.4 Å². The average Bonchev–Trinajstić information content (AvgIpc) is 2.82. The van der Waals surface area contributed by atoms with Gasteiger partial charge >= 0.3 is 6.18 Å². The zero-order chi connectivity index (χ0) is 14.9. The Labute approximate surface area is 109 Å². The van der Waals surface area contributed by atoms with Crippen molar-refractivity contribution in [3.63, 3.8) is 0 Å². The Morgan fingerprint density at radius 1 is 1.40 bits per heavy atom. The van der Waals surface area contributed by atoms with Crippen molar-refractivity contribution in [3.8, 4) is 5.69 Å². The Kier molecular flexibility index (Phi) is 3.40. The number of aliphatic hydroxyl groups is 1. The molecule has 1 aromatic heterocycles. The van der Waals surface area contributed by atoms with E-state index >= 15 is 0 Å². The number of hydrogen-bond acceptors (Lipinski definition) is 5. The monoisotopic (exact) mass is 288 g/mol. The zero-order valence-electron chi connectivity index (χ0n) is 9.70. The van der Waals surface area contributed by atoms with Gasteiger partial charge in [0.15, 0.2) is 5.69 Å². The van der Waals surface area contributed by atoms with Crippen molar-refractivity contribution in [1.29, 1.82) is 0 Å². The molecular formula is C10H7F3N4O3. The van der Waals surface area contributed by atoms with E-state index in [0.29, 0.717) is 4.68 Å². The predicted molar refractivity (Wildman–Crippen MR) is 58.9 cm³/mol. The first-order valence-corrected chi connectivity index (χ1v) is 5.22. The third-order valence-electron chi connectivity index (χ3n) is 2.44. The molecule has 0 fully saturated rings. The molecule has 1 heterocycles. The fourth-order valence-corrected chi connectivity index (χ4v) is 1.62. The molecule has 0 spiro atoms. The molecule has 0 saturated carbocycles. The smallest absolute Gasteiger partial charge is 0.390 e. The van der Waals surface area contributed by atoms with Crippen LogP contribution in [0.15, 0.2) is 24.3 Å². The summed E-state index contributed by atoms with van der Waals surface area (Å²) in [4.78, 5) is 9.89.